The van der Waals surface area contributed by atoms with Crippen molar-refractivity contribution in [3.8, 4) is 22.7 Å². The Morgan fingerprint density at radius 1 is 1.35 bits per heavy atom. The van der Waals surface area contributed by atoms with Crippen LogP contribution in [-0.2, 0) is 11.2 Å². The number of aromatic nitrogens is 5. The van der Waals surface area contributed by atoms with E-state index in [1.807, 2.05) is 0 Å². The summed E-state index contributed by atoms with van der Waals surface area (Å²) in [6.07, 6.45) is 5.66. The molecule has 1 saturated carbocycles. The van der Waals surface area contributed by atoms with E-state index in [9.17, 15) is 9.18 Å². The smallest absolute Gasteiger partial charge is 0.231 e. The summed E-state index contributed by atoms with van der Waals surface area (Å²) in [4.78, 5) is 20.7. The zero-order valence-corrected chi connectivity index (χ0v) is 20.5. The Morgan fingerprint density at radius 3 is 2.82 bits per heavy atom. The molecular formula is C23H21ClF2N6OSi. The van der Waals surface area contributed by atoms with Crippen LogP contribution in [0.15, 0.2) is 24.8 Å². The summed E-state index contributed by atoms with van der Waals surface area (Å²) in [7, 11) is -1.60. The normalized spacial score (nSPS) is 17.6. The highest BCUT2D eigenvalue weighted by Gasteiger charge is 2.43. The number of carbonyl (C=O) groups is 1. The lowest BCUT2D eigenvalue weighted by Crippen LogP contribution is -2.16. The van der Waals surface area contributed by atoms with E-state index in [0.29, 0.717) is 33.4 Å². The molecule has 0 aliphatic heterocycles. The van der Waals surface area contributed by atoms with Crippen LogP contribution < -0.4 is 5.32 Å². The second kappa shape index (κ2) is 8.18. The monoisotopic (exact) mass is 498 g/mol. The van der Waals surface area contributed by atoms with Crippen LogP contribution in [-0.4, -0.2) is 44.7 Å². The van der Waals surface area contributed by atoms with Gasteiger partial charge in [-0.05, 0) is 6.42 Å². The van der Waals surface area contributed by atoms with Crippen LogP contribution in [0.2, 0.25) is 24.7 Å². The third-order valence-electron chi connectivity index (χ3n) is 5.51. The number of carbonyl (C=O) groups excluding carboxylic acids is 1. The van der Waals surface area contributed by atoms with E-state index in [1.165, 1.54) is 6.20 Å². The maximum Gasteiger partial charge on any atom is 0.231 e. The molecular weight excluding hydrogens is 478 g/mol. The topological polar surface area (TPSA) is 88.0 Å². The maximum atomic E-state index is 15.4. The molecule has 3 aromatic heterocycles. The Hall–Kier alpha value is -3.29. The first-order valence-corrected chi connectivity index (χ1v) is 14.6. The van der Waals surface area contributed by atoms with Gasteiger partial charge in [-0.1, -0.05) is 31.2 Å². The zero-order valence-electron chi connectivity index (χ0n) is 18.7. The number of alkyl halides is 1. The highest BCUT2D eigenvalue weighted by Crippen LogP contribution is 2.38. The summed E-state index contributed by atoms with van der Waals surface area (Å²) in [5, 5.41) is 10.1. The predicted octanol–water partition coefficient (Wildman–Crippen LogP) is 4.78. The fourth-order valence-corrected chi connectivity index (χ4v) is 4.66. The molecule has 0 spiro atoms. The molecule has 1 aliphatic carbocycles. The molecule has 4 aromatic rings. The molecule has 174 valence electrons. The van der Waals surface area contributed by atoms with Gasteiger partial charge in [-0.2, -0.15) is 5.10 Å². The molecule has 1 aromatic carbocycles. The van der Waals surface area contributed by atoms with Crippen LogP contribution in [0.5, 0.6) is 0 Å². The third kappa shape index (κ3) is 4.17. The van der Waals surface area contributed by atoms with E-state index in [2.05, 4.69) is 56.6 Å². The van der Waals surface area contributed by atoms with Crippen molar-refractivity contribution in [2.24, 2.45) is 5.92 Å². The second-order valence-corrected chi connectivity index (χ2v) is 14.5. The van der Waals surface area contributed by atoms with Gasteiger partial charge < -0.3 is 9.72 Å². The minimum Gasteiger partial charge on any atom is -0.309 e. The standard InChI is InChI=1S/C23H21ClF2N6OSi/c1-34(2,3)6-4-5-12-21(26)20(24)19(14-8-28-31-22(12)14)16-10-32-11-17(29-18(32)9-27-16)30-23(33)13-7-15(13)25/h8-11,13,15H,5,7H2,1-3H3,(H,28,31)(H,30,33)/t13-,15+/m1/s1. The number of anilines is 1. The number of amides is 1. The fraction of sp³-hybridized carbons (Fsp3) is 0.304. The predicted molar refractivity (Wildman–Crippen MR) is 130 cm³/mol. The van der Waals surface area contributed by atoms with E-state index in [0.717, 1.165) is 0 Å². The van der Waals surface area contributed by atoms with Gasteiger partial charge in [0, 0.05) is 29.1 Å². The van der Waals surface area contributed by atoms with E-state index in [4.69, 9.17) is 11.6 Å². The highest BCUT2D eigenvalue weighted by molar-refractivity contribution is 6.83. The van der Waals surface area contributed by atoms with Gasteiger partial charge in [-0.15, -0.1) is 11.5 Å². The van der Waals surface area contributed by atoms with Gasteiger partial charge in [-0.25, -0.2) is 13.8 Å². The highest BCUT2D eigenvalue weighted by atomic mass is 35.5. The van der Waals surface area contributed by atoms with Crippen molar-refractivity contribution < 1.29 is 13.6 Å². The molecule has 11 heteroatoms. The Morgan fingerprint density at radius 2 is 2.12 bits per heavy atom. The number of fused-ring (bicyclic) bond motifs is 2. The third-order valence-corrected chi connectivity index (χ3v) is 6.80. The quantitative estimate of drug-likeness (QED) is 0.313. The minimum atomic E-state index is -1.60. The summed E-state index contributed by atoms with van der Waals surface area (Å²) < 4.78 is 30.2. The molecule has 1 amide bonds. The average molecular weight is 499 g/mol. The van der Waals surface area contributed by atoms with Gasteiger partial charge in [0.2, 0.25) is 5.91 Å². The maximum absolute atomic E-state index is 15.4. The lowest BCUT2D eigenvalue weighted by Gasteiger charge is -2.11. The van der Waals surface area contributed by atoms with Crippen molar-refractivity contribution in [3.63, 3.8) is 0 Å². The fourth-order valence-electron chi connectivity index (χ4n) is 3.73. The zero-order chi connectivity index (χ0) is 24.2. The van der Waals surface area contributed by atoms with Crippen molar-refractivity contribution in [3.05, 3.63) is 41.2 Å². The number of hydrogen-bond donors (Lipinski definition) is 2. The van der Waals surface area contributed by atoms with Crippen LogP contribution in [0.3, 0.4) is 0 Å². The summed E-state index contributed by atoms with van der Waals surface area (Å²) >= 11 is 6.50. The van der Waals surface area contributed by atoms with Crippen molar-refractivity contribution in [2.75, 3.05) is 5.32 Å². The minimum absolute atomic E-state index is 0.0677. The summed E-state index contributed by atoms with van der Waals surface area (Å²) in [5.74, 6) is 1.78. The molecule has 1 aliphatic rings. The van der Waals surface area contributed by atoms with E-state index < -0.39 is 31.9 Å². The number of benzene rings is 1. The number of nitrogens with zero attached hydrogens (tertiary/aromatic N) is 4. The van der Waals surface area contributed by atoms with Crippen molar-refractivity contribution in [1.29, 1.82) is 0 Å². The molecule has 2 N–H and O–H groups in total. The summed E-state index contributed by atoms with van der Waals surface area (Å²) in [6.45, 7) is 6.37. The van der Waals surface area contributed by atoms with Gasteiger partial charge in [0.1, 0.15) is 20.1 Å². The first-order chi connectivity index (χ1) is 16.1. The molecule has 5 rings (SSSR count). The Kier molecular flexibility index (Phi) is 5.41. The SMILES string of the molecule is C[Si](C)(C)C#CCc1c(F)c(Cl)c(-c2cn3cc(NC(=O)[C@@H]4C[C@@H]4F)nc3cn2)c2cn[nH]c12. The number of hydrogen-bond acceptors (Lipinski definition) is 4. The number of nitrogens with one attached hydrogen (secondary N) is 2. The lowest BCUT2D eigenvalue weighted by molar-refractivity contribution is -0.117. The van der Waals surface area contributed by atoms with Crippen molar-refractivity contribution in [2.45, 2.75) is 38.7 Å². The molecule has 0 radical (unpaired) electrons. The number of halogens is 3. The molecule has 0 saturated heterocycles. The van der Waals surface area contributed by atoms with Crippen molar-refractivity contribution >= 4 is 47.9 Å². The van der Waals surface area contributed by atoms with Crippen LogP contribution in [0.1, 0.15) is 12.0 Å². The number of H-pyrrole nitrogens is 1. The van der Waals surface area contributed by atoms with Gasteiger partial charge in [-0.3, -0.25) is 14.9 Å². The molecule has 34 heavy (non-hydrogen) atoms. The van der Waals surface area contributed by atoms with Crippen LogP contribution in [0, 0.1) is 23.2 Å². The molecule has 7 nitrogen and oxygen atoms in total. The molecule has 0 unspecified atom stereocenters. The first-order valence-electron chi connectivity index (χ1n) is 10.8. The van der Waals surface area contributed by atoms with Crippen molar-refractivity contribution in [1.82, 2.24) is 24.6 Å². The van der Waals surface area contributed by atoms with Gasteiger partial charge in [0.05, 0.1) is 40.7 Å². The van der Waals surface area contributed by atoms with Crippen LogP contribution in [0.4, 0.5) is 14.6 Å². The largest absolute Gasteiger partial charge is 0.309 e. The van der Waals surface area contributed by atoms with Crippen LogP contribution >= 0.6 is 11.6 Å². The lowest BCUT2D eigenvalue weighted by atomic mass is 10.0. The molecule has 2 atom stereocenters. The van der Waals surface area contributed by atoms with Gasteiger partial charge >= 0.3 is 0 Å². The van der Waals surface area contributed by atoms with Crippen LogP contribution in [0.25, 0.3) is 27.8 Å². The Labute approximate surface area is 199 Å². The van der Waals surface area contributed by atoms with Gasteiger partial charge in [0.25, 0.3) is 0 Å². The number of aromatic amines is 1. The summed E-state index contributed by atoms with van der Waals surface area (Å²) in [6, 6.07) is 0. The second-order valence-electron chi connectivity index (χ2n) is 9.38. The van der Waals surface area contributed by atoms with Gasteiger partial charge in [0.15, 0.2) is 11.5 Å². The number of imidazole rings is 1. The first kappa shape index (κ1) is 22.5. The Bertz CT molecular complexity index is 1510. The van der Waals surface area contributed by atoms with E-state index in [1.54, 1.807) is 23.0 Å². The molecule has 1 fully saturated rings. The number of rotatable bonds is 4. The summed E-state index contributed by atoms with van der Waals surface area (Å²) in [5.41, 5.74) is 5.39. The average Bonchev–Trinajstić information content (AvgIpc) is 3.14. The molecule has 3 heterocycles. The Balaban J connectivity index is 1.53. The van der Waals surface area contributed by atoms with E-state index in [-0.39, 0.29) is 23.7 Å². The molecule has 0 bridgehead atoms. The van der Waals surface area contributed by atoms with E-state index >= 15 is 4.39 Å².